The van der Waals surface area contributed by atoms with Crippen LogP contribution in [0.1, 0.15) is 75.5 Å². The summed E-state index contributed by atoms with van der Waals surface area (Å²) < 4.78 is 29.3. The average Bonchev–Trinajstić information content (AvgIpc) is 2.93. The van der Waals surface area contributed by atoms with Gasteiger partial charge in [0.25, 0.3) is 10.1 Å². The van der Waals surface area contributed by atoms with Gasteiger partial charge < -0.3 is 0 Å². The molecule has 0 saturated heterocycles. The highest BCUT2D eigenvalue weighted by Crippen LogP contribution is 2.52. The van der Waals surface area contributed by atoms with Gasteiger partial charge in [0.05, 0.1) is 12.0 Å². The van der Waals surface area contributed by atoms with Crippen LogP contribution >= 0.6 is 0 Å². The van der Waals surface area contributed by atoms with Gasteiger partial charge in [-0.15, -0.1) is 0 Å². The molecule has 0 aromatic heterocycles. The number of aryl methyl sites for hydroxylation is 1. The summed E-state index contributed by atoms with van der Waals surface area (Å²) in [5.74, 6) is 0. The van der Waals surface area contributed by atoms with Crippen LogP contribution in [0, 0.1) is 6.92 Å². The fraction of sp³-hybridized carbons (Fsp3) is 0.500. The zero-order valence-corrected chi connectivity index (χ0v) is 18.4. The van der Waals surface area contributed by atoms with E-state index in [9.17, 15) is 8.42 Å². The number of hydrogen-bond donors (Lipinski definition) is 0. The van der Waals surface area contributed by atoms with Crippen molar-refractivity contribution in [1.82, 2.24) is 0 Å². The van der Waals surface area contributed by atoms with Gasteiger partial charge in [-0.05, 0) is 47.7 Å². The molecule has 1 unspecified atom stereocenters. The maximum absolute atomic E-state index is 12.3. The molecular formula is C24H32O3S. The zero-order valence-electron chi connectivity index (χ0n) is 17.5. The molecule has 0 spiro atoms. The van der Waals surface area contributed by atoms with Gasteiger partial charge in [0.15, 0.2) is 0 Å². The molecule has 0 aliphatic heterocycles. The van der Waals surface area contributed by atoms with Gasteiger partial charge in [0.2, 0.25) is 0 Å². The Bertz CT molecular complexity index is 946. The van der Waals surface area contributed by atoms with Gasteiger partial charge in [-0.25, -0.2) is 0 Å². The number of hydrogen-bond acceptors (Lipinski definition) is 3. The van der Waals surface area contributed by atoms with Crippen molar-refractivity contribution >= 4 is 10.1 Å². The summed E-state index contributed by atoms with van der Waals surface area (Å²) in [6.45, 7) is 6.63. The molecule has 3 nitrogen and oxygen atoms in total. The second-order valence-corrected chi connectivity index (χ2v) is 9.94. The number of fused-ring (bicyclic) bond motifs is 3. The average molecular weight is 401 g/mol. The van der Waals surface area contributed by atoms with E-state index in [1.807, 2.05) is 12.1 Å². The topological polar surface area (TPSA) is 43.4 Å². The molecule has 1 atom stereocenters. The van der Waals surface area contributed by atoms with Crippen molar-refractivity contribution in [1.29, 1.82) is 0 Å². The fourth-order valence-corrected chi connectivity index (χ4v) is 5.18. The van der Waals surface area contributed by atoms with Crippen molar-refractivity contribution in [2.24, 2.45) is 0 Å². The highest BCUT2D eigenvalue weighted by Gasteiger charge is 2.39. The van der Waals surface area contributed by atoms with E-state index in [4.69, 9.17) is 4.18 Å². The number of unbranched alkanes of at least 4 members (excludes halogenated alkanes) is 5. The summed E-state index contributed by atoms with van der Waals surface area (Å²) in [5.41, 5.74) is 5.89. The summed E-state index contributed by atoms with van der Waals surface area (Å²) in [6, 6.07) is 12.0. The number of benzene rings is 2. The largest absolute Gasteiger partial charge is 0.296 e. The Morgan fingerprint density at radius 2 is 1.50 bits per heavy atom. The van der Waals surface area contributed by atoms with E-state index in [1.165, 1.54) is 55.9 Å². The van der Waals surface area contributed by atoms with Crippen LogP contribution in [0.4, 0.5) is 0 Å². The molecule has 0 N–H and O–H groups in total. The Balaban J connectivity index is 1.97. The summed E-state index contributed by atoms with van der Waals surface area (Å²) in [4.78, 5) is 0.243. The Morgan fingerprint density at radius 3 is 2.18 bits per heavy atom. The highest BCUT2D eigenvalue weighted by molar-refractivity contribution is 7.86. The fourth-order valence-electron chi connectivity index (χ4n) is 4.49. The molecule has 28 heavy (non-hydrogen) atoms. The molecular weight excluding hydrogens is 368 g/mol. The molecule has 0 saturated carbocycles. The summed E-state index contributed by atoms with van der Waals surface area (Å²) >= 11 is 0. The molecule has 0 bridgehead atoms. The number of rotatable bonds is 9. The van der Waals surface area contributed by atoms with Gasteiger partial charge in [-0.1, -0.05) is 82.2 Å². The third-order valence-corrected chi connectivity index (χ3v) is 7.45. The Kier molecular flexibility index (Phi) is 6.31. The molecule has 1 aliphatic carbocycles. The highest BCUT2D eigenvalue weighted by atomic mass is 32.2. The van der Waals surface area contributed by atoms with E-state index in [0.29, 0.717) is 0 Å². The first-order chi connectivity index (χ1) is 13.3. The lowest BCUT2D eigenvalue weighted by Crippen LogP contribution is -2.21. The van der Waals surface area contributed by atoms with E-state index in [-0.39, 0.29) is 10.3 Å². The molecule has 2 aromatic rings. The van der Waals surface area contributed by atoms with Gasteiger partial charge >= 0.3 is 0 Å². The Morgan fingerprint density at radius 1 is 0.893 bits per heavy atom. The van der Waals surface area contributed by atoms with Crippen molar-refractivity contribution in [2.75, 3.05) is 7.11 Å². The molecule has 3 rings (SSSR count). The van der Waals surface area contributed by atoms with Gasteiger partial charge in [0.1, 0.15) is 0 Å². The minimum Gasteiger partial charge on any atom is -0.270 e. The van der Waals surface area contributed by atoms with Crippen LogP contribution < -0.4 is 0 Å². The van der Waals surface area contributed by atoms with Crippen molar-refractivity contribution in [3.8, 4) is 11.1 Å². The first-order valence-corrected chi connectivity index (χ1v) is 11.8. The molecule has 0 heterocycles. The lowest BCUT2D eigenvalue weighted by molar-refractivity contribution is 0.397. The van der Waals surface area contributed by atoms with Crippen LogP contribution in [0.15, 0.2) is 41.3 Å². The monoisotopic (exact) mass is 400 g/mol. The maximum Gasteiger partial charge on any atom is 0.296 e. The van der Waals surface area contributed by atoms with Gasteiger partial charge in [-0.3, -0.25) is 4.18 Å². The Labute approximate surface area is 170 Å². The smallest absolute Gasteiger partial charge is 0.270 e. The predicted octanol–water partition coefficient (Wildman–Crippen LogP) is 6.37. The van der Waals surface area contributed by atoms with Crippen LogP contribution in [-0.2, 0) is 19.7 Å². The lowest BCUT2D eigenvalue weighted by atomic mass is 9.75. The van der Waals surface area contributed by atoms with Crippen molar-refractivity contribution in [2.45, 2.75) is 76.0 Å². The first kappa shape index (κ1) is 21.1. The first-order valence-electron chi connectivity index (χ1n) is 10.4. The van der Waals surface area contributed by atoms with Crippen LogP contribution in [-0.4, -0.2) is 15.5 Å². The van der Waals surface area contributed by atoms with E-state index in [2.05, 4.69) is 39.0 Å². The van der Waals surface area contributed by atoms with Crippen LogP contribution in [0.2, 0.25) is 0 Å². The SMILES string of the molecule is CCCCCCCCC1(C)c2cc(C)ccc2-c2ccc(S(=O)(=O)OC)cc21. The second kappa shape index (κ2) is 8.38. The standard InChI is InChI=1S/C24H32O3S/c1-5-6-7-8-9-10-15-24(3)22-16-18(2)11-13-20(22)21-14-12-19(17-23(21)24)28(25,26)27-4/h11-14,16-17H,5-10,15H2,1-4H3. The van der Waals surface area contributed by atoms with Gasteiger partial charge in [0, 0.05) is 5.41 Å². The zero-order chi connectivity index (χ0) is 20.4. The summed E-state index contributed by atoms with van der Waals surface area (Å²) in [5, 5.41) is 0. The third-order valence-electron chi connectivity index (χ3n) is 6.18. The minimum atomic E-state index is -3.70. The van der Waals surface area contributed by atoms with Crippen LogP contribution in [0.3, 0.4) is 0 Å². The minimum absolute atomic E-state index is 0.166. The van der Waals surface area contributed by atoms with Crippen molar-refractivity contribution in [3.05, 3.63) is 53.1 Å². The molecule has 152 valence electrons. The van der Waals surface area contributed by atoms with Crippen molar-refractivity contribution in [3.63, 3.8) is 0 Å². The van der Waals surface area contributed by atoms with Crippen LogP contribution in [0.25, 0.3) is 11.1 Å². The van der Waals surface area contributed by atoms with Crippen molar-refractivity contribution < 1.29 is 12.6 Å². The molecule has 0 radical (unpaired) electrons. The quantitative estimate of drug-likeness (QED) is 0.363. The van der Waals surface area contributed by atoms with E-state index in [0.717, 1.165) is 24.0 Å². The molecule has 2 aromatic carbocycles. The van der Waals surface area contributed by atoms with E-state index < -0.39 is 10.1 Å². The maximum atomic E-state index is 12.3. The molecule has 0 amide bonds. The molecule has 1 aliphatic rings. The molecule has 0 fully saturated rings. The summed E-state index contributed by atoms with van der Waals surface area (Å²) in [7, 11) is -2.48. The van der Waals surface area contributed by atoms with Gasteiger partial charge in [-0.2, -0.15) is 8.42 Å². The lowest BCUT2D eigenvalue weighted by Gasteiger charge is -2.28. The predicted molar refractivity (Wildman–Crippen MR) is 115 cm³/mol. The summed E-state index contributed by atoms with van der Waals surface area (Å²) in [6.07, 6.45) is 8.54. The van der Waals surface area contributed by atoms with Crippen LogP contribution in [0.5, 0.6) is 0 Å². The second-order valence-electron chi connectivity index (χ2n) is 8.23. The molecule has 4 heteroatoms. The normalized spacial score (nSPS) is 18.1. The Hall–Kier alpha value is -1.65. The third kappa shape index (κ3) is 3.90. The van der Waals surface area contributed by atoms with E-state index in [1.54, 1.807) is 6.07 Å². The van der Waals surface area contributed by atoms with E-state index >= 15 is 0 Å².